The first kappa shape index (κ1) is 21.8. The second kappa shape index (κ2) is 8.74. The van der Waals surface area contributed by atoms with Crippen LogP contribution in [0.2, 0.25) is 0 Å². The van der Waals surface area contributed by atoms with Gasteiger partial charge in [-0.15, -0.1) is 5.10 Å². The van der Waals surface area contributed by atoms with E-state index in [-0.39, 0.29) is 15.6 Å². The van der Waals surface area contributed by atoms with Crippen molar-refractivity contribution >= 4 is 32.2 Å². The summed E-state index contributed by atoms with van der Waals surface area (Å²) in [5.74, 6) is 1.02. The highest BCUT2D eigenvalue weighted by molar-refractivity contribution is 7.91. The molecule has 1 saturated carbocycles. The van der Waals surface area contributed by atoms with E-state index in [2.05, 4.69) is 29.5 Å². The first-order valence-electron chi connectivity index (χ1n) is 11.7. The molecule has 0 amide bonds. The van der Waals surface area contributed by atoms with Crippen molar-refractivity contribution in [2.24, 2.45) is 0 Å². The molecule has 1 aliphatic rings. The molecule has 4 aromatic rings. The van der Waals surface area contributed by atoms with Gasteiger partial charge in [0.25, 0.3) is 0 Å². The van der Waals surface area contributed by atoms with Crippen molar-refractivity contribution in [2.45, 2.75) is 74.3 Å². The molecular formula is C25H29N5O2S. The van der Waals surface area contributed by atoms with Gasteiger partial charge >= 0.3 is 0 Å². The summed E-state index contributed by atoms with van der Waals surface area (Å²) in [6.45, 7) is 4.16. The lowest BCUT2D eigenvalue weighted by atomic mass is 10.0. The summed E-state index contributed by atoms with van der Waals surface area (Å²) < 4.78 is 28.5. The smallest absolute Gasteiger partial charge is 0.229 e. The van der Waals surface area contributed by atoms with Gasteiger partial charge in [-0.2, -0.15) is 4.52 Å². The van der Waals surface area contributed by atoms with Crippen LogP contribution in [0.15, 0.2) is 58.5 Å². The predicted molar refractivity (Wildman–Crippen MR) is 129 cm³/mol. The van der Waals surface area contributed by atoms with Gasteiger partial charge in [0, 0.05) is 11.4 Å². The predicted octanol–water partition coefficient (Wildman–Crippen LogP) is 5.37. The van der Waals surface area contributed by atoms with E-state index in [9.17, 15) is 8.42 Å². The maximum Gasteiger partial charge on any atom is 0.229 e. The monoisotopic (exact) mass is 463 g/mol. The molecule has 1 fully saturated rings. The van der Waals surface area contributed by atoms with Gasteiger partial charge in [-0.3, -0.25) is 0 Å². The lowest BCUT2D eigenvalue weighted by Gasteiger charge is -2.18. The summed E-state index contributed by atoms with van der Waals surface area (Å²) >= 11 is 0. The van der Waals surface area contributed by atoms with E-state index in [1.807, 2.05) is 36.4 Å². The molecule has 0 unspecified atom stereocenters. The number of anilines is 1. The molecule has 0 bridgehead atoms. The number of fused-ring (bicyclic) bond motifs is 3. The fourth-order valence-corrected chi connectivity index (χ4v) is 5.82. The Morgan fingerprint density at radius 2 is 1.67 bits per heavy atom. The van der Waals surface area contributed by atoms with Gasteiger partial charge in [0.2, 0.25) is 14.9 Å². The molecule has 172 valence electrons. The summed E-state index contributed by atoms with van der Waals surface area (Å²) in [5.41, 5.74) is 2.11. The molecule has 0 atom stereocenters. The average Bonchev–Trinajstić information content (AvgIpc) is 3.09. The van der Waals surface area contributed by atoms with Gasteiger partial charge in [0.15, 0.2) is 5.65 Å². The van der Waals surface area contributed by atoms with Crippen LogP contribution in [-0.2, 0) is 9.84 Å². The number of hydrogen-bond donors (Lipinski definition) is 1. The van der Waals surface area contributed by atoms with Crippen molar-refractivity contribution in [2.75, 3.05) is 5.32 Å². The molecule has 8 heteroatoms. The zero-order valence-electron chi connectivity index (χ0n) is 19.0. The Kier molecular flexibility index (Phi) is 5.78. The van der Waals surface area contributed by atoms with Crippen molar-refractivity contribution in [3.05, 3.63) is 54.1 Å². The van der Waals surface area contributed by atoms with E-state index >= 15 is 0 Å². The summed E-state index contributed by atoms with van der Waals surface area (Å²) in [6.07, 6.45) is 7.08. The third kappa shape index (κ3) is 4.08. The third-order valence-corrected chi connectivity index (χ3v) is 8.20. The number of rotatable bonds is 5. The van der Waals surface area contributed by atoms with Crippen molar-refractivity contribution < 1.29 is 8.42 Å². The van der Waals surface area contributed by atoms with E-state index in [0.29, 0.717) is 17.8 Å². The standard InChI is InChI=1S/C25H29N5O2S/c1-17(2)18-13-15-20(16-14-18)33(31,32)25-24-27-23(26-19-9-5-3-4-6-10-19)21-11-7-8-12-22(21)30(24)29-28-25/h7-8,11-17,19H,3-6,9-10H2,1-2H3,(H,26,27). The lowest BCUT2D eigenvalue weighted by molar-refractivity contribution is 0.592. The number of benzene rings is 2. The fraction of sp³-hybridized carbons (Fsp3) is 0.400. The zero-order valence-corrected chi connectivity index (χ0v) is 19.8. The number of nitrogens with one attached hydrogen (secondary N) is 1. The van der Waals surface area contributed by atoms with Crippen LogP contribution in [0.4, 0.5) is 5.82 Å². The molecule has 0 saturated heterocycles. The number of nitrogens with zero attached hydrogens (tertiary/aromatic N) is 4. The minimum absolute atomic E-state index is 0.116. The molecule has 0 aliphatic heterocycles. The molecule has 5 rings (SSSR count). The van der Waals surface area contributed by atoms with Crippen LogP contribution in [0.25, 0.3) is 16.6 Å². The minimum atomic E-state index is -3.87. The molecule has 0 spiro atoms. The minimum Gasteiger partial charge on any atom is -0.367 e. The largest absolute Gasteiger partial charge is 0.367 e. The van der Waals surface area contributed by atoms with Gasteiger partial charge in [-0.1, -0.05) is 69.0 Å². The van der Waals surface area contributed by atoms with E-state index in [0.717, 1.165) is 29.3 Å². The van der Waals surface area contributed by atoms with Gasteiger partial charge in [-0.05, 0) is 48.6 Å². The number of hydrogen-bond acceptors (Lipinski definition) is 6. The first-order valence-corrected chi connectivity index (χ1v) is 13.2. The summed E-state index contributed by atoms with van der Waals surface area (Å²) in [5, 5.41) is 12.7. The molecule has 33 heavy (non-hydrogen) atoms. The molecule has 2 heterocycles. The topological polar surface area (TPSA) is 89.2 Å². The Hall–Kier alpha value is -3.00. The van der Waals surface area contributed by atoms with Gasteiger partial charge in [-0.25, -0.2) is 13.4 Å². The van der Waals surface area contributed by atoms with Crippen molar-refractivity contribution in [1.82, 2.24) is 19.8 Å². The van der Waals surface area contributed by atoms with Gasteiger partial charge in [0.05, 0.1) is 10.4 Å². The fourth-order valence-electron chi connectivity index (χ4n) is 4.59. The Bertz CT molecular complexity index is 1390. The van der Waals surface area contributed by atoms with E-state index in [1.54, 1.807) is 12.1 Å². The quantitative estimate of drug-likeness (QED) is 0.400. The SMILES string of the molecule is CC(C)c1ccc(S(=O)(=O)c2nnn3c2nc(NC2CCCCCC2)c2ccccc23)cc1. The molecular weight excluding hydrogens is 434 g/mol. The van der Waals surface area contributed by atoms with Crippen LogP contribution in [0.1, 0.15) is 63.9 Å². The normalized spacial score (nSPS) is 15.8. The molecule has 1 aliphatic carbocycles. The zero-order chi connectivity index (χ0) is 23.0. The molecule has 7 nitrogen and oxygen atoms in total. The third-order valence-electron chi connectivity index (χ3n) is 6.53. The Balaban J connectivity index is 1.63. The van der Waals surface area contributed by atoms with Crippen molar-refractivity contribution in [3.8, 4) is 0 Å². The van der Waals surface area contributed by atoms with Crippen LogP contribution >= 0.6 is 0 Å². The number of sulfone groups is 1. The number of aromatic nitrogens is 4. The van der Waals surface area contributed by atoms with Crippen molar-refractivity contribution in [3.63, 3.8) is 0 Å². The maximum absolute atomic E-state index is 13.5. The van der Waals surface area contributed by atoms with Crippen LogP contribution in [0.3, 0.4) is 0 Å². The Morgan fingerprint density at radius 1 is 0.970 bits per heavy atom. The molecule has 2 aromatic carbocycles. The second-order valence-electron chi connectivity index (χ2n) is 9.17. The van der Waals surface area contributed by atoms with E-state index < -0.39 is 9.84 Å². The molecule has 0 radical (unpaired) electrons. The van der Waals surface area contributed by atoms with Crippen molar-refractivity contribution in [1.29, 1.82) is 0 Å². The lowest BCUT2D eigenvalue weighted by Crippen LogP contribution is -2.19. The Labute approximate surface area is 194 Å². The van der Waals surface area contributed by atoms with Crippen LogP contribution < -0.4 is 5.32 Å². The van der Waals surface area contributed by atoms with E-state index in [1.165, 1.54) is 30.2 Å². The summed E-state index contributed by atoms with van der Waals surface area (Å²) in [6, 6.07) is 15.1. The average molecular weight is 464 g/mol. The first-order chi connectivity index (χ1) is 15.9. The highest BCUT2D eigenvalue weighted by Gasteiger charge is 2.27. The second-order valence-corrected chi connectivity index (χ2v) is 11.0. The van der Waals surface area contributed by atoms with Crippen LogP contribution in [-0.4, -0.2) is 34.3 Å². The molecule has 1 N–H and O–H groups in total. The summed E-state index contributed by atoms with van der Waals surface area (Å²) in [4.78, 5) is 4.97. The highest BCUT2D eigenvalue weighted by atomic mass is 32.2. The maximum atomic E-state index is 13.5. The van der Waals surface area contributed by atoms with Gasteiger partial charge in [0.1, 0.15) is 5.82 Å². The van der Waals surface area contributed by atoms with E-state index in [4.69, 9.17) is 4.98 Å². The number of para-hydroxylation sites is 1. The van der Waals surface area contributed by atoms with Crippen LogP contribution in [0, 0.1) is 0 Å². The highest BCUT2D eigenvalue weighted by Crippen LogP contribution is 2.30. The molecule has 2 aromatic heterocycles. The summed E-state index contributed by atoms with van der Waals surface area (Å²) in [7, 11) is -3.87. The van der Waals surface area contributed by atoms with Gasteiger partial charge < -0.3 is 5.32 Å². The Morgan fingerprint density at radius 3 is 2.36 bits per heavy atom. The van der Waals surface area contributed by atoms with Crippen LogP contribution in [0.5, 0.6) is 0 Å².